The van der Waals surface area contributed by atoms with Crippen LogP contribution in [-0.4, -0.2) is 25.1 Å². The third-order valence-electron chi connectivity index (χ3n) is 3.48. The molecule has 3 rings (SSSR count). The predicted octanol–water partition coefficient (Wildman–Crippen LogP) is 4.45. The van der Waals surface area contributed by atoms with E-state index >= 15 is 0 Å². The molecule has 22 heavy (non-hydrogen) atoms. The van der Waals surface area contributed by atoms with Crippen molar-refractivity contribution in [3.63, 3.8) is 0 Å². The van der Waals surface area contributed by atoms with E-state index in [2.05, 4.69) is 38.5 Å². The molecule has 114 valence electrons. The topological polar surface area (TPSA) is 35.5 Å². The molecular formula is C17H14BrIO3. The highest BCUT2D eigenvalue weighted by atomic mass is 127. The Balaban J connectivity index is 1.77. The van der Waals surface area contributed by atoms with Gasteiger partial charge in [-0.2, -0.15) is 0 Å². The van der Waals surface area contributed by atoms with Crippen LogP contribution in [0.25, 0.3) is 0 Å². The van der Waals surface area contributed by atoms with Gasteiger partial charge in [-0.25, -0.2) is 0 Å². The molecule has 3 nitrogen and oxygen atoms in total. The first-order chi connectivity index (χ1) is 10.6. The molecule has 1 saturated heterocycles. The first-order valence-electron chi connectivity index (χ1n) is 6.98. The molecule has 1 aliphatic heterocycles. The molecule has 0 aromatic heterocycles. The predicted molar refractivity (Wildman–Crippen MR) is 96.6 cm³/mol. The van der Waals surface area contributed by atoms with Crippen molar-refractivity contribution in [3.8, 4) is 5.75 Å². The summed E-state index contributed by atoms with van der Waals surface area (Å²) in [6.07, 6.45) is 1.03. The molecule has 2 aromatic carbocycles. The van der Waals surface area contributed by atoms with Crippen LogP contribution in [0.15, 0.2) is 46.9 Å². The lowest BCUT2D eigenvalue weighted by molar-refractivity contribution is 0.103. The molecule has 1 atom stereocenters. The lowest BCUT2D eigenvalue weighted by atomic mass is 10.0. The summed E-state index contributed by atoms with van der Waals surface area (Å²) in [5.74, 6) is 0.773. The molecule has 0 bridgehead atoms. The van der Waals surface area contributed by atoms with Crippen LogP contribution in [-0.2, 0) is 4.74 Å². The minimum atomic E-state index is 0.00106. The van der Waals surface area contributed by atoms with Crippen molar-refractivity contribution in [2.45, 2.75) is 12.5 Å². The Morgan fingerprint density at radius 1 is 1.23 bits per heavy atom. The smallest absolute Gasteiger partial charge is 0.194 e. The van der Waals surface area contributed by atoms with E-state index in [9.17, 15) is 4.79 Å². The SMILES string of the molecule is O=C(c1ccc(O[C@H]2CCOC2)cc1)c1cc(I)ccc1Br. The van der Waals surface area contributed by atoms with Crippen molar-refractivity contribution < 1.29 is 14.3 Å². The minimum absolute atomic E-state index is 0.00106. The zero-order chi connectivity index (χ0) is 15.5. The molecule has 0 saturated carbocycles. The van der Waals surface area contributed by atoms with Crippen molar-refractivity contribution in [1.82, 2.24) is 0 Å². The summed E-state index contributed by atoms with van der Waals surface area (Å²) in [5, 5.41) is 0. The Labute approximate surface area is 151 Å². The summed E-state index contributed by atoms with van der Waals surface area (Å²) in [6.45, 7) is 1.39. The first kappa shape index (κ1) is 16.0. The van der Waals surface area contributed by atoms with E-state index in [0.29, 0.717) is 17.7 Å². The van der Waals surface area contributed by atoms with Gasteiger partial charge in [0.1, 0.15) is 11.9 Å². The van der Waals surface area contributed by atoms with Gasteiger partial charge in [0.25, 0.3) is 0 Å². The number of hydrogen-bond donors (Lipinski definition) is 0. The summed E-state index contributed by atoms with van der Waals surface area (Å²) in [7, 11) is 0. The second-order valence-electron chi connectivity index (χ2n) is 5.08. The Hall–Kier alpha value is -0.920. The van der Waals surface area contributed by atoms with Gasteiger partial charge in [0.15, 0.2) is 5.78 Å². The van der Waals surface area contributed by atoms with Crippen LogP contribution in [0.2, 0.25) is 0 Å². The van der Waals surface area contributed by atoms with Crippen LogP contribution in [0.3, 0.4) is 0 Å². The number of ether oxygens (including phenoxy) is 2. The molecule has 2 aromatic rings. The molecule has 1 fully saturated rings. The van der Waals surface area contributed by atoms with Gasteiger partial charge in [-0.3, -0.25) is 4.79 Å². The fourth-order valence-corrected chi connectivity index (χ4v) is 3.23. The summed E-state index contributed by atoms with van der Waals surface area (Å²) in [4.78, 5) is 12.6. The van der Waals surface area contributed by atoms with E-state index in [-0.39, 0.29) is 11.9 Å². The van der Waals surface area contributed by atoms with Crippen molar-refractivity contribution in [2.24, 2.45) is 0 Å². The molecule has 0 radical (unpaired) electrons. The van der Waals surface area contributed by atoms with Gasteiger partial charge in [-0.05, 0) is 65.1 Å². The highest BCUT2D eigenvalue weighted by Gasteiger charge is 2.18. The quantitative estimate of drug-likeness (QED) is 0.487. The van der Waals surface area contributed by atoms with Crippen LogP contribution in [0.4, 0.5) is 0 Å². The maximum Gasteiger partial charge on any atom is 0.194 e. The Kier molecular flexibility index (Phi) is 5.15. The summed E-state index contributed by atoms with van der Waals surface area (Å²) < 4.78 is 12.9. The number of carbonyl (C=O) groups is 1. The number of benzene rings is 2. The third-order valence-corrected chi connectivity index (χ3v) is 4.84. The van der Waals surface area contributed by atoms with Gasteiger partial charge >= 0.3 is 0 Å². The van der Waals surface area contributed by atoms with Gasteiger partial charge in [0.2, 0.25) is 0 Å². The number of ketones is 1. The van der Waals surface area contributed by atoms with Crippen LogP contribution in [0, 0.1) is 3.57 Å². The summed E-state index contributed by atoms with van der Waals surface area (Å²) in [6, 6.07) is 13.0. The molecule has 0 amide bonds. The molecule has 1 heterocycles. The molecule has 0 spiro atoms. The highest BCUT2D eigenvalue weighted by molar-refractivity contribution is 14.1. The zero-order valence-corrected chi connectivity index (χ0v) is 15.5. The maximum atomic E-state index is 12.6. The van der Waals surface area contributed by atoms with Crippen molar-refractivity contribution >= 4 is 44.3 Å². The fourth-order valence-electron chi connectivity index (χ4n) is 2.31. The number of halogens is 2. The van der Waals surface area contributed by atoms with Gasteiger partial charge in [-0.1, -0.05) is 15.9 Å². The van der Waals surface area contributed by atoms with E-state index in [4.69, 9.17) is 9.47 Å². The molecule has 0 aliphatic carbocycles. The van der Waals surface area contributed by atoms with Crippen LogP contribution < -0.4 is 4.74 Å². The van der Waals surface area contributed by atoms with E-state index in [1.54, 1.807) is 12.1 Å². The van der Waals surface area contributed by atoms with Crippen molar-refractivity contribution in [2.75, 3.05) is 13.2 Å². The Bertz CT molecular complexity index is 679. The zero-order valence-electron chi connectivity index (χ0n) is 11.7. The van der Waals surface area contributed by atoms with Crippen molar-refractivity contribution in [1.29, 1.82) is 0 Å². The average Bonchev–Trinajstić information content (AvgIpc) is 3.03. The van der Waals surface area contributed by atoms with Gasteiger partial charge in [-0.15, -0.1) is 0 Å². The summed E-state index contributed by atoms with van der Waals surface area (Å²) in [5.41, 5.74) is 1.32. The Morgan fingerprint density at radius 2 is 2.00 bits per heavy atom. The molecule has 0 unspecified atom stereocenters. The van der Waals surface area contributed by atoms with E-state index < -0.39 is 0 Å². The highest BCUT2D eigenvalue weighted by Crippen LogP contribution is 2.24. The molecule has 5 heteroatoms. The van der Waals surface area contributed by atoms with E-state index in [1.165, 1.54) is 0 Å². The second-order valence-corrected chi connectivity index (χ2v) is 7.18. The first-order valence-corrected chi connectivity index (χ1v) is 8.85. The molecular weight excluding hydrogens is 459 g/mol. The molecule has 1 aliphatic rings. The third kappa shape index (κ3) is 3.70. The van der Waals surface area contributed by atoms with Crippen LogP contribution in [0.1, 0.15) is 22.3 Å². The Morgan fingerprint density at radius 3 is 2.68 bits per heavy atom. The lowest BCUT2D eigenvalue weighted by Gasteiger charge is -2.12. The number of hydrogen-bond acceptors (Lipinski definition) is 3. The van der Waals surface area contributed by atoms with E-state index in [0.717, 1.165) is 26.8 Å². The lowest BCUT2D eigenvalue weighted by Crippen LogP contribution is -2.15. The fraction of sp³-hybridized carbons (Fsp3) is 0.235. The van der Waals surface area contributed by atoms with E-state index in [1.807, 2.05) is 30.3 Å². The van der Waals surface area contributed by atoms with Gasteiger partial charge < -0.3 is 9.47 Å². The van der Waals surface area contributed by atoms with Gasteiger partial charge in [0, 0.05) is 25.6 Å². The van der Waals surface area contributed by atoms with Gasteiger partial charge in [0.05, 0.1) is 13.2 Å². The number of carbonyl (C=O) groups excluding carboxylic acids is 1. The number of rotatable bonds is 4. The van der Waals surface area contributed by atoms with Crippen LogP contribution in [0.5, 0.6) is 5.75 Å². The van der Waals surface area contributed by atoms with Crippen molar-refractivity contribution in [3.05, 3.63) is 61.6 Å². The minimum Gasteiger partial charge on any atom is -0.488 e. The normalized spacial score (nSPS) is 17.5. The second kappa shape index (κ2) is 7.10. The largest absolute Gasteiger partial charge is 0.488 e. The molecule has 0 N–H and O–H groups in total. The monoisotopic (exact) mass is 472 g/mol. The maximum absolute atomic E-state index is 12.6. The average molecular weight is 473 g/mol. The van der Waals surface area contributed by atoms with Crippen LogP contribution >= 0.6 is 38.5 Å². The summed E-state index contributed by atoms with van der Waals surface area (Å²) >= 11 is 5.64. The standard InChI is InChI=1S/C17H14BrIO3/c18-16-6-3-12(19)9-15(16)17(20)11-1-4-13(5-2-11)22-14-7-8-21-10-14/h1-6,9,14H,7-8,10H2/t14-/m0/s1.